The van der Waals surface area contributed by atoms with Crippen LogP contribution in [0.3, 0.4) is 0 Å². The van der Waals surface area contributed by atoms with Crippen molar-refractivity contribution in [1.82, 2.24) is 10.2 Å². The molecule has 6 heteroatoms. The highest BCUT2D eigenvalue weighted by molar-refractivity contribution is 5.84. The summed E-state index contributed by atoms with van der Waals surface area (Å²) < 4.78 is 23.9. The van der Waals surface area contributed by atoms with E-state index in [-0.39, 0.29) is 29.9 Å². The first-order chi connectivity index (χ1) is 9.99. The highest BCUT2D eigenvalue weighted by Crippen LogP contribution is 2.30. The molecule has 116 valence electrons. The molecule has 0 aliphatic carbocycles. The van der Waals surface area contributed by atoms with E-state index in [2.05, 4.69) is 5.32 Å². The number of nitrogens with zero attached hydrogens (tertiary/aromatic N) is 1. The second kappa shape index (κ2) is 6.41. The molecule has 1 amide bonds. The van der Waals surface area contributed by atoms with Gasteiger partial charge in [0, 0.05) is 7.11 Å². The van der Waals surface area contributed by atoms with Crippen molar-refractivity contribution in [2.24, 2.45) is 0 Å². The zero-order valence-electron chi connectivity index (χ0n) is 12.7. The Labute approximate surface area is 124 Å². The Hall–Kier alpha value is -1.66. The Morgan fingerprint density at radius 2 is 2.14 bits per heavy atom. The third-order valence-electron chi connectivity index (χ3n) is 3.69. The Kier molecular flexibility index (Phi) is 4.80. The van der Waals surface area contributed by atoms with E-state index in [1.807, 2.05) is 6.92 Å². The molecule has 0 radical (unpaired) electrons. The molecule has 1 aromatic rings. The maximum Gasteiger partial charge on any atom is 0.241 e. The Morgan fingerprint density at radius 1 is 1.43 bits per heavy atom. The largest absolute Gasteiger partial charge is 0.494 e. The van der Waals surface area contributed by atoms with E-state index in [1.54, 1.807) is 31.1 Å². The van der Waals surface area contributed by atoms with Gasteiger partial charge >= 0.3 is 0 Å². The lowest BCUT2D eigenvalue weighted by atomic mass is 10.1. The van der Waals surface area contributed by atoms with Gasteiger partial charge in [0.25, 0.3) is 0 Å². The minimum atomic E-state index is -0.442. The van der Waals surface area contributed by atoms with Crippen molar-refractivity contribution in [3.63, 3.8) is 0 Å². The number of carbonyl (C=O) groups excluding carboxylic acids is 1. The van der Waals surface area contributed by atoms with Crippen LogP contribution in [0.5, 0.6) is 5.75 Å². The smallest absolute Gasteiger partial charge is 0.241 e. The number of halogens is 1. The summed E-state index contributed by atoms with van der Waals surface area (Å²) in [4.78, 5) is 14.0. The lowest BCUT2D eigenvalue weighted by Crippen LogP contribution is -2.40. The van der Waals surface area contributed by atoms with E-state index in [9.17, 15) is 9.18 Å². The van der Waals surface area contributed by atoms with E-state index in [0.29, 0.717) is 12.2 Å². The van der Waals surface area contributed by atoms with Gasteiger partial charge in [0.1, 0.15) is 6.17 Å². The average Bonchev–Trinajstić information content (AvgIpc) is 2.75. The van der Waals surface area contributed by atoms with Crippen molar-refractivity contribution < 1.29 is 18.7 Å². The number of nitrogens with one attached hydrogen (secondary N) is 1. The minimum Gasteiger partial charge on any atom is -0.494 e. The van der Waals surface area contributed by atoms with Crippen LogP contribution in [0, 0.1) is 5.82 Å². The lowest BCUT2D eigenvalue weighted by Gasteiger charge is -2.30. The first kappa shape index (κ1) is 15.7. The first-order valence-electron chi connectivity index (χ1n) is 6.90. The average molecular weight is 296 g/mol. The normalized spacial score (nSPS) is 23.5. The van der Waals surface area contributed by atoms with Crippen molar-refractivity contribution in [3.05, 3.63) is 29.6 Å². The van der Waals surface area contributed by atoms with Crippen molar-refractivity contribution in [2.75, 3.05) is 20.8 Å². The van der Waals surface area contributed by atoms with Crippen LogP contribution in [0.2, 0.25) is 0 Å². The predicted octanol–water partition coefficient (Wildman–Crippen LogP) is 1.69. The van der Waals surface area contributed by atoms with Gasteiger partial charge in [-0.2, -0.15) is 0 Å². The predicted molar refractivity (Wildman–Crippen MR) is 76.5 cm³/mol. The summed E-state index contributed by atoms with van der Waals surface area (Å²) in [5.41, 5.74) is 0.689. The van der Waals surface area contributed by atoms with Gasteiger partial charge in [-0.3, -0.25) is 10.1 Å². The second-order valence-electron chi connectivity index (χ2n) is 5.23. The first-order valence-corrected chi connectivity index (χ1v) is 6.90. The molecule has 0 saturated carbocycles. The minimum absolute atomic E-state index is 0.0132. The van der Waals surface area contributed by atoms with Gasteiger partial charge < -0.3 is 14.4 Å². The number of rotatable bonds is 5. The zero-order chi connectivity index (χ0) is 15.6. The number of hydrogen-bond acceptors (Lipinski definition) is 4. The summed E-state index contributed by atoms with van der Waals surface area (Å²) in [6.07, 6.45) is -0.363. The molecular formula is C15H21FN2O3. The van der Waals surface area contributed by atoms with Gasteiger partial charge in [0.15, 0.2) is 11.6 Å². The summed E-state index contributed by atoms with van der Waals surface area (Å²) in [6, 6.07) is 4.32. The van der Waals surface area contributed by atoms with Crippen molar-refractivity contribution >= 4 is 5.91 Å². The molecule has 0 spiro atoms. The van der Waals surface area contributed by atoms with Gasteiger partial charge in [-0.05, 0) is 31.5 Å². The molecule has 1 fully saturated rings. The van der Waals surface area contributed by atoms with Crippen LogP contribution < -0.4 is 10.1 Å². The van der Waals surface area contributed by atoms with Crippen molar-refractivity contribution in [2.45, 2.75) is 32.1 Å². The standard InChI is InChI=1S/C15H21FN2O3/c1-9(8-20-3)18-14(17-10(2)15(18)19)11-5-6-13(21-4)12(16)7-11/h5-7,9-10,14,17H,8H2,1-4H3. The Bertz CT molecular complexity index is 524. The molecular weight excluding hydrogens is 275 g/mol. The van der Waals surface area contributed by atoms with Gasteiger partial charge in [-0.1, -0.05) is 6.07 Å². The van der Waals surface area contributed by atoms with E-state index in [0.717, 1.165) is 0 Å². The summed E-state index contributed by atoms with van der Waals surface area (Å²) in [6.45, 7) is 4.14. The summed E-state index contributed by atoms with van der Waals surface area (Å²) in [5.74, 6) is -0.267. The Morgan fingerprint density at radius 3 is 2.71 bits per heavy atom. The molecule has 5 nitrogen and oxygen atoms in total. The number of carbonyl (C=O) groups is 1. The van der Waals surface area contributed by atoms with Crippen molar-refractivity contribution in [3.8, 4) is 5.75 Å². The lowest BCUT2D eigenvalue weighted by molar-refractivity contribution is -0.132. The summed E-state index contributed by atoms with van der Waals surface area (Å²) >= 11 is 0. The molecule has 21 heavy (non-hydrogen) atoms. The van der Waals surface area contributed by atoms with Crippen LogP contribution in [0.25, 0.3) is 0 Å². The third kappa shape index (κ3) is 3.01. The molecule has 1 heterocycles. The highest BCUT2D eigenvalue weighted by Gasteiger charge is 2.39. The van der Waals surface area contributed by atoms with Crippen LogP contribution in [0.1, 0.15) is 25.6 Å². The maximum absolute atomic E-state index is 13.9. The number of benzene rings is 1. The summed E-state index contributed by atoms with van der Waals surface area (Å²) in [7, 11) is 3.01. The molecule has 0 aromatic heterocycles. The zero-order valence-corrected chi connectivity index (χ0v) is 12.7. The fourth-order valence-electron chi connectivity index (χ4n) is 2.64. The van der Waals surface area contributed by atoms with Crippen LogP contribution in [-0.4, -0.2) is 43.7 Å². The highest BCUT2D eigenvalue weighted by atomic mass is 19.1. The molecule has 0 bridgehead atoms. The van der Waals surface area contributed by atoms with Crippen molar-refractivity contribution in [1.29, 1.82) is 0 Å². The fraction of sp³-hybridized carbons (Fsp3) is 0.533. The van der Waals surface area contributed by atoms with Gasteiger partial charge in [0.2, 0.25) is 5.91 Å². The maximum atomic E-state index is 13.9. The number of amides is 1. The quantitative estimate of drug-likeness (QED) is 0.898. The monoisotopic (exact) mass is 296 g/mol. The molecule has 3 unspecified atom stereocenters. The van der Waals surface area contributed by atoms with E-state index < -0.39 is 5.82 Å². The Balaban J connectivity index is 2.31. The molecule has 2 rings (SSSR count). The second-order valence-corrected chi connectivity index (χ2v) is 5.23. The van der Waals surface area contributed by atoms with Crippen LogP contribution in [0.4, 0.5) is 4.39 Å². The number of hydrogen-bond donors (Lipinski definition) is 1. The summed E-state index contributed by atoms with van der Waals surface area (Å²) in [5, 5.41) is 3.19. The topological polar surface area (TPSA) is 50.8 Å². The van der Waals surface area contributed by atoms with Gasteiger partial charge in [-0.15, -0.1) is 0 Å². The third-order valence-corrected chi connectivity index (χ3v) is 3.69. The van der Waals surface area contributed by atoms with Crippen LogP contribution in [-0.2, 0) is 9.53 Å². The van der Waals surface area contributed by atoms with Gasteiger partial charge in [-0.25, -0.2) is 4.39 Å². The molecule has 1 aromatic carbocycles. The van der Waals surface area contributed by atoms with E-state index >= 15 is 0 Å². The molecule has 1 saturated heterocycles. The molecule has 1 aliphatic heterocycles. The molecule has 1 aliphatic rings. The SMILES string of the molecule is COCC(C)N1C(=O)C(C)NC1c1ccc(OC)c(F)c1. The number of methoxy groups -OCH3 is 2. The van der Waals surface area contributed by atoms with Gasteiger partial charge in [0.05, 0.1) is 25.8 Å². The van der Waals surface area contributed by atoms with E-state index in [1.165, 1.54) is 13.2 Å². The van der Waals surface area contributed by atoms with E-state index in [4.69, 9.17) is 9.47 Å². The molecule has 1 N–H and O–H groups in total. The number of ether oxygens (including phenoxy) is 2. The van der Waals surface area contributed by atoms with Crippen LogP contribution >= 0.6 is 0 Å². The fourth-order valence-corrected chi connectivity index (χ4v) is 2.64. The molecule has 3 atom stereocenters. The van der Waals surface area contributed by atoms with Crippen LogP contribution in [0.15, 0.2) is 18.2 Å².